The van der Waals surface area contributed by atoms with Crippen molar-refractivity contribution < 1.29 is 33.4 Å². The van der Waals surface area contributed by atoms with Crippen molar-refractivity contribution in [1.29, 1.82) is 0 Å². The Kier molecular flexibility index (Phi) is 6.06. The number of esters is 2. The van der Waals surface area contributed by atoms with Crippen molar-refractivity contribution in [1.82, 2.24) is 0 Å². The van der Waals surface area contributed by atoms with E-state index in [1.807, 2.05) is 41.3 Å². The monoisotopic (exact) mass is 536 g/mol. The smallest absolute Gasteiger partial charge is 0.339 e. The van der Waals surface area contributed by atoms with Crippen molar-refractivity contribution in [3.05, 3.63) is 95.6 Å². The molecule has 0 radical (unpaired) electrons. The lowest BCUT2D eigenvalue weighted by atomic mass is 9.86. The number of carbonyl (C=O) groups is 5. The van der Waals surface area contributed by atoms with Crippen molar-refractivity contribution in [2.24, 2.45) is 11.8 Å². The molecular formula is C31H24N2O7. The molecule has 0 bridgehead atoms. The van der Waals surface area contributed by atoms with Gasteiger partial charge in [-0.3, -0.25) is 19.2 Å². The molecule has 0 N–H and O–H groups in total. The van der Waals surface area contributed by atoms with Crippen molar-refractivity contribution in [3.8, 4) is 5.75 Å². The van der Waals surface area contributed by atoms with Crippen molar-refractivity contribution in [2.45, 2.75) is 19.0 Å². The molecule has 0 aromatic heterocycles. The largest absolute Gasteiger partial charge is 0.465 e. The molecule has 6 rings (SSSR count). The Balaban J connectivity index is 1.46. The topological polar surface area (TPSA) is 110 Å². The second kappa shape index (κ2) is 9.60. The van der Waals surface area contributed by atoms with Crippen molar-refractivity contribution >= 4 is 47.0 Å². The lowest BCUT2D eigenvalue weighted by Gasteiger charge is -2.36. The molecule has 40 heavy (non-hydrogen) atoms. The molecule has 3 aromatic rings. The summed E-state index contributed by atoms with van der Waals surface area (Å²) in [6, 6.07) is 18.4. The third-order valence-electron chi connectivity index (χ3n) is 7.63. The first-order valence-electron chi connectivity index (χ1n) is 12.7. The maximum atomic E-state index is 14.2. The number of methoxy groups -OCH3 is 1. The van der Waals surface area contributed by atoms with Crippen LogP contribution in [0.2, 0.25) is 0 Å². The van der Waals surface area contributed by atoms with Crippen molar-refractivity contribution in [3.63, 3.8) is 0 Å². The summed E-state index contributed by atoms with van der Waals surface area (Å²) in [7, 11) is 1.23. The maximum Gasteiger partial charge on any atom is 0.339 e. The van der Waals surface area contributed by atoms with Crippen LogP contribution < -0.4 is 14.5 Å². The molecule has 0 unspecified atom stereocenters. The molecule has 200 valence electrons. The summed E-state index contributed by atoms with van der Waals surface area (Å²) >= 11 is 0. The van der Waals surface area contributed by atoms with Gasteiger partial charge < -0.3 is 14.4 Å². The molecule has 9 heteroatoms. The molecule has 2 amide bonds. The van der Waals surface area contributed by atoms with E-state index >= 15 is 0 Å². The van der Waals surface area contributed by atoms with E-state index in [-0.39, 0.29) is 22.8 Å². The Morgan fingerprint density at radius 1 is 0.800 bits per heavy atom. The fourth-order valence-electron chi connectivity index (χ4n) is 6.03. The normalized spacial score (nSPS) is 22.4. The molecule has 2 fully saturated rings. The Hall–Kier alpha value is -5.05. The number of anilines is 2. The number of Topliss-reactive ketones (excluding diaryl/α,β-unsaturated/α-hetero) is 1. The highest BCUT2D eigenvalue weighted by Crippen LogP contribution is 2.50. The summed E-state index contributed by atoms with van der Waals surface area (Å²) in [6.45, 7) is 1.28. The number of para-hydroxylation sites is 2. The molecule has 0 saturated carbocycles. The fraction of sp³-hybridized carbons (Fsp3) is 0.194. The molecule has 4 atom stereocenters. The van der Waals surface area contributed by atoms with Gasteiger partial charge in [0.15, 0.2) is 5.78 Å². The summed E-state index contributed by atoms with van der Waals surface area (Å²) in [5.41, 5.74) is 2.14. The van der Waals surface area contributed by atoms with E-state index in [2.05, 4.69) is 0 Å². The molecule has 0 spiro atoms. The van der Waals surface area contributed by atoms with Crippen LogP contribution in [0.15, 0.2) is 78.9 Å². The Morgan fingerprint density at radius 2 is 1.45 bits per heavy atom. The minimum Gasteiger partial charge on any atom is -0.465 e. The molecule has 3 aliphatic rings. The third-order valence-corrected chi connectivity index (χ3v) is 7.63. The quantitative estimate of drug-likeness (QED) is 0.210. The summed E-state index contributed by atoms with van der Waals surface area (Å²) in [6.07, 6.45) is 3.76. The summed E-state index contributed by atoms with van der Waals surface area (Å²) in [4.78, 5) is 69.0. The Bertz CT molecular complexity index is 1610. The van der Waals surface area contributed by atoms with Gasteiger partial charge in [-0.1, -0.05) is 42.5 Å². The van der Waals surface area contributed by atoms with E-state index in [1.165, 1.54) is 38.3 Å². The van der Waals surface area contributed by atoms with Crippen LogP contribution in [0.25, 0.3) is 6.08 Å². The number of hydrogen-bond donors (Lipinski definition) is 0. The standard InChI is InChI=1S/C31H24N2O7/c1-17(34)40-20-14-11-19(12-15-20)28(35)27-26-25(24-16-13-18-7-3-5-9-22(18)32(24)27)29(36)33(30(26)37)23-10-6-4-8-21(23)31(38)39-2/h3-16,24-27H,1-2H3/t24-,25-,26-,27+/m0/s1. The number of rotatable bonds is 5. The van der Waals surface area contributed by atoms with Gasteiger partial charge in [0, 0.05) is 18.2 Å². The van der Waals surface area contributed by atoms with Gasteiger partial charge in [0.1, 0.15) is 11.8 Å². The highest BCUT2D eigenvalue weighted by molar-refractivity contribution is 6.27. The van der Waals surface area contributed by atoms with Gasteiger partial charge in [-0.15, -0.1) is 0 Å². The van der Waals surface area contributed by atoms with E-state index in [1.54, 1.807) is 24.3 Å². The maximum absolute atomic E-state index is 14.2. The average molecular weight is 537 g/mol. The molecule has 0 aliphatic carbocycles. The molecular weight excluding hydrogens is 512 g/mol. The van der Waals surface area contributed by atoms with Gasteiger partial charge >= 0.3 is 11.9 Å². The van der Waals surface area contributed by atoms with E-state index in [4.69, 9.17) is 9.47 Å². The van der Waals surface area contributed by atoms with E-state index in [9.17, 15) is 24.0 Å². The fourth-order valence-corrected chi connectivity index (χ4v) is 6.03. The first-order chi connectivity index (χ1) is 19.3. The van der Waals surface area contributed by atoms with Gasteiger partial charge in [0.05, 0.1) is 36.2 Å². The average Bonchev–Trinajstić information content (AvgIpc) is 3.44. The van der Waals surface area contributed by atoms with Crippen LogP contribution in [0, 0.1) is 11.8 Å². The number of fused-ring (bicyclic) bond motifs is 5. The second-order valence-corrected chi connectivity index (χ2v) is 9.82. The number of imide groups is 1. The zero-order valence-electron chi connectivity index (χ0n) is 21.6. The number of ether oxygens (including phenoxy) is 2. The SMILES string of the molecule is COC(=O)c1ccccc1N1C(=O)[C@@H]2[C@H](C1=O)[C@H](C(=O)c1ccc(OC(C)=O)cc1)N1c3ccccc3C=C[C@@H]21. The number of ketones is 1. The predicted octanol–water partition coefficient (Wildman–Crippen LogP) is 3.67. The van der Waals surface area contributed by atoms with Crippen LogP contribution in [0.5, 0.6) is 5.75 Å². The van der Waals surface area contributed by atoms with Crippen LogP contribution in [-0.4, -0.2) is 48.7 Å². The van der Waals surface area contributed by atoms with E-state index < -0.39 is 47.7 Å². The number of hydrogen-bond acceptors (Lipinski definition) is 8. The van der Waals surface area contributed by atoms with Crippen LogP contribution in [-0.2, 0) is 19.1 Å². The second-order valence-electron chi connectivity index (χ2n) is 9.82. The Labute approximate surface area is 229 Å². The van der Waals surface area contributed by atoms with Crippen LogP contribution in [0.4, 0.5) is 11.4 Å². The zero-order chi connectivity index (χ0) is 28.1. The first-order valence-corrected chi connectivity index (χ1v) is 12.7. The van der Waals surface area contributed by atoms with Gasteiger partial charge in [-0.2, -0.15) is 0 Å². The lowest BCUT2D eigenvalue weighted by Crippen LogP contribution is -2.49. The van der Waals surface area contributed by atoms with Gasteiger partial charge in [-0.25, -0.2) is 9.69 Å². The number of amides is 2. The number of benzene rings is 3. The number of carbonyl (C=O) groups excluding carboxylic acids is 5. The molecule has 3 aromatic carbocycles. The lowest BCUT2D eigenvalue weighted by molar-refractivity contribution is -0.132. The predicted molar refractivity (Wildman–Crippen MR) is 145 cm³/mol. The van der Waals surface area contributed by atoms with Crippen LogP contribution in [0.3, 0.4) is 0 Å². The summed E-state index contributed by atoms with van der Waals surface area (Å²) < 4.78 is 9.98. The van der Waals surface area contributed by atoms with E-state index in [0.717, 1.165) is 16.2 Å². The molecule has 3 heterocycles. The minimum atomic E-state index is -1.00. The van der Waals surface area contributed by atoms with Crippen LogP contribution in [0.1, 0.15) is 33.2 Å². The third kappa shape index (κ3) is 3.81. The zero-order valence-corrected chi connectivity index (χ0v) is 21.6. The Morgan fingerprint density at radius 3 is 2.15 bits per heavy atom. The minimum absolute atomic E-state index is 0.0806. The summed E-state index contributed by atoms with van der Waals surface area (Å²) in [5, 5.41) is 0. The van der Waals surface area contributed by atoms with Gasteiger partial charge in [-0.05, 0) is 48.0 Å². The van der Waals surface area contributed by atoms with Crippen LogP contribution >= 0.6 is 0 Å². The number of nitrogens with zero attached hydrogens (tertiary/aromatic N) is 2. The van der Waals surface area contributed by atoms with E-state index in [0.29, 0.717) is 5.56 Å². The highest BCUT2D eigenvalue weighted by Gasteiger charge is 2.64. The highest BCUT2D eigenvalue weighted by atomic mass is 16.5. The molecule has 9 nitrogen and oxygen atoms in total. The van der Waals surface area contributed by atoms with Crippen molar-refractivity contribution in [2.75, 3.05) is 16.9 Å². The van der Waals surface area contributed by atoms with Gasteiger partial charge in [0.25, 0.3) is 0 Å². The first kappa shape index (κ1) is 25.2. The summed E-state index contributed by atoms with van der Waals surface area (Å²) in [5.74, 6) is -4.11. The van der Waals surface area contributed by atoms with Gasteiger partial charge in [0.2, 0.25) is 11.8 Å². The molecule has 3 aliphatic heterocycles. The molecule has 2 saturated heterocycles.